The van der Waals surface area contributed by atoms with Crippen LogP contribution in [-0.2, 0) is 11.3 Å². The normalized spacial score (nSPS) is 10.8. The van der Waals surface area contributed by atoms with Crippen LogP contribution in [0.4, 0.5) is 14.5 Å². The van der Waals surface area contributed by atoms with Crippen LogP contribution in [0.2, 0.25) is 0 Å². The van der Waals surface area contributed by atoms with Gasteiger partial charge in [0, 0.05) is 12.3 Å². The molecule has 0 aliphatic heterocycles. The maximum atomic E-state index is 12.4. The molecular formula is C17H15F2N3O5. The lowest BCUT2D eigenvalue weighted by Gasteiger charge is -2.10. The van der Waals surface area contributed by atoms with Gasteiger partial charge in [0.05, 0.1) is 35.9 Å². The quantitative estimate of drug-likeness (QED) is 0.430. The van der Waals surface area contributed by atoms with Gasteiger partial charge >= 0.3 is 6.61 Å². The summed E-state index contributed by atoms with van der Waals surface area (Å²) in [6.45, 7) is -2.99. The minimum absolute atomic E-state index is 0.00791. The minimum atomic E-state index is -3.17. The number of nitrogens with zero attached hydrogens (tertiary/aromatic N) is 2. The largest absolute Gasteiger partial charge is 0.493 e. The zero-order chi connectivity index (χ0) is 19.8. The molecule has 0 radical (unpaired) electrons. The zero-order valence-electron chi connectivity index (χ0n) is 14.1. The first-order valence-electron chi connectivity index (χ1n) is 7.57. The number of nitro benzene ring substituents is 1. The summed E-state index contributed by atoms with van der Waals surface area (Å²) >= 11 is 0. The number of pyridine rings is 1. The number of amides is 1. The summed E-state index contributed by atoms with van der Waals surface area (Å²) in [5.74, 6) is -1.12. The molecule has 27 heavy (non-hydrogen) atoms. The van der Waals surface area contributed by atoms with Crippen LogP contribution in [-0.4, -0.2) is 29.5 Å². The van der Waals surface area contributed by atoms with E-state index in [1.807, 2.05) is 0 Å². The Hall–Kier alpha value is -3.56. The number of nitro groups is 1. The van der Waals surface area contributed by atoms with Crippen LogP contribution in [0.3, 0.4) is 0 Å². The van der Waals surface area contributed by atoms with Gasteiger partial charge in [0.1, 0.15) is 0 Å². The van der Waals surface area contributed by atoms with Gasteiger partial charge in [0.2, 0.25) is 5.91 Å². The molecule has 1 N–H and O–H groups in total. The Morgan fingerprint density at radius 1 is 1.37 bits per heavy atom. The molecule has 0 spiro atoms. The average Bonchev–Trinajstić information content (AvgIpc) is 2.65. The number of rotatable bonds is 8. The molecule has 1 aromatic heterocycles. The van der Waals surface area contributed by atoms with Crippen LogP contribution < -0.4 is 14.8 Å². The van der Waals surface area contributed by atoms with Crippen LogP contribution >= 0.6 is 0 Å². The number of ether oxygens (including phenoxy) is 2. The SMILES string of the molecule is COc1cc(C=CC(=O)NCc2ccccn2)c([N+](=O)[O-])cc1OC(F)F. The van der Waals surface area contributed by atoms with Crippen LogP contribution in [0, 0.1) is 10.1 Å². The Labute approximate surface area is 152 Å². The van der Waals surface area contributed by atoms with E-state index in [-0.39, 0.29) is 17.9 Å². The summed E-state index contributed by atoms with van der Waals surface area (Å²) in [7, 11) is 1.20. The van der Waals surface area contributed by atoms with Gasteiger partial charge in [-0.05, 0) is 24.3 Å². The lowest BCUT2D eigenvalue weighted by Crippen LogP contribution is -2.20. The third kappa shape index (κ3) is 5.73. The van der Waals surface area contributed by atoms with E-state index in [0.717, 1.165) is 18.2 Å². The molecule has 0 unspecified atom stereocenters. The second-order valence-electron chi connectivity index (χ2n) is 5.07. The fourth-order valence-corrected chi connectivity index (χ4v) is 2.11. The minimum Gasteiger partial charge on any atom is -0.493 e. The smallest absolute Gasteiger partial charge is 0.387 e. The molecule has 2 rings (SSSR count). The van der Waals surface area contributed by atoms with Crippen molar-refractivity contribution >= 4 is 17.7 Å². The maximum Gasteiger partial charge on any atom is 0.387 e. The summed E-state index contributed by atoms with van der Waals surface area (Å²) in [4.78, 5) is 26.3. The molecule has 0 saturated heterocycles. The highest BCUT2D eigenvalue weighted by atomic mass is 19.3. The van der Waals surface area contributed by atoms with E-state index in [1.54, 1.807) is 24.4 Å². The first-order chi connectivity index (χ1) is 12.9. The van der Waals surface area contributed by atoms with Gasteiger partial charge in [-0.1, -0.05) is 6.07 Å². The number of carbonyl (C=O) groups is 1. The van der Waals surface area contributed by atoms with Crippen molar-refractivity contribution in [3.8, 4) is 11.5 Å². The lowest BCUT2D eigenvalue weighted by atomic mass is 10.1. The number of nitrogens with one attached hydrogen (secondary N) is 1. The number of hydrogen-bond acceptors (Lipinski definition) is 6. The Balaban J connectivity index is 2.19. The highest BCUT2D eigenvalue weighted by Gasteiger charge is 2.20. The van der Waals surface area contributed by atoms with Gasteiger partial charge in [0.15, 0.2) is 11.5 Å². The van der Waals surface area contributed by atoms with E-state index in [0.29, 0.717) is 5.69 Å². The molecule has 2 aromatic rings. The molecule has 8 nitrogen and oxygen atoms in total. The van der Waals surface area contributed by atoms with Crippen molar-refractivity contribution in [3.05, 3.63) is 64.0 Å². The summed E-state index contributed by atoms with van der Waals surface area (Å²) in [5.41, 5.74) is 0.118. The summed E-state index contributed by atoms with van der Waals surface area (Å²) < 4.78 is 34.0. The van der Waals surface area contributed by atoms with Crippen molar-refractivity contribution in [2.75, 3.05) is 7.11 Å². The molecule has 0 bridgehead atoms. The molecule has 142 valence electrons. The van der Waals surface area contributed by atoms with E-state index in [9.17, 15) is 23.7 Å². The monoisotopic (exact) mass is 379 g/mol. The first-order valence-corrected chi connectivity index (χ1v) is 7.57. The van der Waals surface area contributed by atoms with Crippen molar-refractivity contribution in [3.63, 3.8) is 0 Å². The molecule has 0 aliphatic rings. The van der Waals surface area contributed by atoms with E-state index >= 15 is 0 Å². The number of hydrogen-bond donors (Lipinski definition) is 1. The van der Waals surface area contributed by atoms with Crippen LogP contribution in [0.15, 0.2) is 42.6 Å². The molecule has 0 fully saturated rings. The summed E-state index contributed by atoms with van der Waals surface area (Å²) in [5, 5.41) is 13.8. The Bertz CT molecular complexity index is 844. The van der Waals surface area contributed by atoms with Gasteiger partial charge in [-0.2, -0.15) is 8.78 Å². The van der Waals surface area contributed by atoms with Gasteiger partial charge in [0.25, 0.3) is 5.69 Å². The predicted octanol–water partition coefficient (Wildman–Crippen LogP) is 2.93. The fourth-order valence-electron chi connectivity index (χ4n) is 2.11. The van der Waals surface area contributed by atoms with Crippen LogP contribution in [0.25, 0.3) is 6.08 Å². The highest BCUT2D eigenvalue weighted by molar-refractivity contribution is 5.92. The van der Waals surface area contributed by atoms with Gasteiger partial charge in [-0.3, -0.25) is 19.9 Å². The topological polar surface area (TPSA) is 104 Å². The highest BCUT2D eigenvalue weighted by Crippen LogP contribution is 2.36. The molecule has 10 heteroatoms. The van der Waals surface area contributed by atoms with Gasteiger partial charge in [-0.25, -0.2) is 0 Å². The van der Waals surface area contributed by atoms with Gasteiger partial charge < -0.3 is 14.8 Å². The number of methoxy groups -OCH3 is 1. The first kappa shape index (κ1) is 19.8. The summed E-state index contributed by atoms with van der Waals surface area (Å²) in [6, 6.07) is 7.18. The number of benzene rings is 1. The Morgan fingerprint density at radius 2 is 2.15 bits per heavy atom. The number of carbonyl (C=O) groups excluding carboxylic acids is 1. The molecule has 1 heterocycles. The molecule has 0 saturated carbocycles. The number of alkyl halides is 2. The van der Waals surface area contributed by atoms with Gasteiger partial charge in [-0.15, -0.1) is 0 Å². The van der Waals surface area contributed by atoms with E-state index in [2.05, 4.69) is 15.0 Å². The zero-order valence-corrected chi connectivity index (χ0v) is 14.1. The molecule has 0 atom stereocenters. The fraction of sp³-hybridized carbons (Fsp3) is 0.176. The third-order valence-corrected chi connectivity index (χ3v) is 3.31. The maximum absolute atomic E-state index is 12.4. The van der Waals surface area contributed by atoms with E-state index < -0.39 is 28.9 Å². The lowest BCUT2D eigenvalue weighted by molar-refractivity contribution is -0.385. The van der Waals surface area contributed by atoms with Crippen LogP contribution in [0.5, 0.6) is 11.5 Å². The van der Waals surface area contributed by atoms with Crippen LogP contribution in [0.1, 0.15) is 11.3 Å². The number of halogens is 2. The summed E-state index contributed by atoms with van der Waals surface area (Å²) in [6.07, 6.45) is 3.84. The van der Waals surface area contributed by atoms with Crippen molar-refractivity contribution in [2.24, 2.45) is 0 Å². The Morgan fingerprint density at radius 3 is 2.74 bits per heavy atom. The standard InChI is InChI=1S/C17H15F2N3O5/c1-26-14-8-11(13(22(24)25)9-15(14)27-17(18)19)5-6-16(23)21-10-12-4-2-3-7-20-12/h2-9,17H,10H2,1H3,(H,21,23). The second kappa shape index (κ2) is 9.22. The van der Waals surface area contributed by atoms with E-state index in [4.69, 9.17) is 4.74 Å². The predicted molar refractivity (Wildman–Crippen MR) is 91.4 cm³/mol. The van der Waals surface area contributed by atoms with Crippen molar-refractivity contribution < 1.29 is 28.0 Å². The van der Waals surface area contributed by atoms with Crippen molar-refractivity contribution in [1.82, 2.24) is 10.3 Å². The molecule has 1 amide bonds. The molecule has 0 aliphatic carbocycles. The van der Waals surface area contributed by atoms with E-state index in [1.165, 1.54) is 13.2 Å². The second-order valence-corrected chi connectivity index (χ2v) is 5.07. The Kier molecular flexibility index (Phi) is 6.75. The molecular weight excluding hydrogens is 364 g/mol. The van der Waals surface area contributed by atoms with Crippen molar-refractivity contribution in [1.29, 1.82) is 0 Å². The third-order valence-electron chi connectivity index (χ3n) is 3.31. The average molecular weight is 379 g/mol. The van der Waals surface area contributed by atoms with Crippen molar-refractivity contribution in [2.45, 2.75) is 13.2 Å². The number of aromatic nitrogens is 1. The molecule has 1 aromatic carbocycles.